The number of carbonyl (C=O) groups is 2. The van der Waals surface area contributed by atoms with E-state index in [-0.39, 0.29) is 11.4 Å². The number of nitrogens with one attached hydrogen (secondary N) is 1. The van der Waals surface area contributed by atoms with E-state index >= 15 is 0 Å². The highest BCUT2D eigenvalue weighted by Gasteiger charge is 2.34. The van der Waals surface area contributed by atoms with Crippen LogP contribution in [0.15, 0.2) is 17.5 Å². The molecule has 20 heavy (non-hydrogen) atoms. The summed E-state index contributed by atoms with van der Waals surface area (Å²) >= 11 is 1.66. The van der Waals surface area contributed by atoms with Gasteiger partial charge in [-0.1, -0.05) is 19.9 Å². The molecular formula is C14H20N2O3S. The Kier molecular flexibility index (Phi) is 4.32. The molecule has 0 aliphatic carbocycles. The molecule has 2 heterocycles. The molecular weight excluding hydrogens is 276 g/mol. The first-order valence-electron chi connectivity index (χ1n) is 6.73. The number of rotatable bonds is 4. The van der Waals surface area contributed by atoms with Gasteiger partial charge in [0.2, 0.25) is 0 Å². The van der Waals surface area contributed by atoms with Crippen molar-refractivity contribution in [2.24, 2.45) is 0 Å². The molecule has 5 nitrogen and oxygen atoms in total. The van der Waals surface area contributed by atoms with Gasteiger partial charge in [0.1, 0.15) is 6.04 Å². The van der Waals surface area contributed by atoms with Crippen molar-refractivity contribution in [3.63, 3.8) is 0 Å². The molecule has 0 bridgehead atoms. The predicted octanol–water partition coefficient (Wildman–Crippen LogP) is 2.28. The van der Waals surface area contributed by atoms with Gasteiger partial charge in [0.15, 0.2) is 0 Å². The van der Waals surface area contributed by atoms with E-state index in [0.29, 0.717) is 19.5 Å². The fourth-order valence-corrected chi connectivity index (χ4v) is 3.27. The molecule has 0 aromatic carbocycles. The molecule has 1 aromatic heterocycles. The number of carbonyl (C=O) groups excluding carboxylic acids is 1. The number of carboxylic acids is 1. The maximum atomic E-state index is 12.1. The van der Waals surface area contributed by atoms with Crippen molar-refractivity contribution in [3.8, 4) is 0 Å². The smallest absolute Gasteiger partial charge is 0.326 e. The molecule has 1 aromatic rings. The number of aliphatic carboxylic acids is 1. The second-order valence-corrected chi connectivity index (χ2v) is 6.66. The van der Waals surface area contributed by atoms with Gasteiger partial charge in [-0.3, -0.25) is 0 Å². The predicted molar refractivity (Wildman–Crippen MR) is 78.1 cm³/mol. The minimum Gasteiger partial charge on any atom is -0.480 e. The van der Waals surface area contributed by atoms with E-state index in [0.717, 1.165) is 6.42 Å². The zero-order chi connectivity index (χ0) is 14.8. The molecule has 6 heteroatoms. The van der Waals surface area contributed by atoms with Gasteiger partial charge in [-0.15, -0.1) is 11.3 Å². The van der Waals surface area contributed by atoms with Crippen LogP contribution in [0.2, 0.25) is 0 Å². The van der Waals surface area contributed by atoms with Gasteiger partial charge < -0.3 is 15.3 Å². The van der Waals surface area contributed by atoms with Crippen LogP contribution < -0.4 is 5.32 Å². The van der Waals surface area contributed by atoms with Crippen LogP contribution in [0.1, 0.15) is 31.6 Å². The van der Waals surface area contributed by atoms with Gasteiger partial charge in [-0.25, -0.2) is 9.59 Å². The van der Waals surface area contributed by atoms with E-state index in [1.807, 2.05) is 17.5 Å². The van der Waals surface area contributed by atoms with Crippen molar-refractivity contribution in [2.75, 3.05) is 13.1 Å². The first kappa shape index (κ1) is 14.8. The maximum absolute atomic E-state index is 12.1. The Morgan fingerprint density at radius 1 is 1.55 bits per heavy atom. The third-order valence-corrected chi connectivity index (χ3v) is 4.90. The Bertz CT molecular complexity index is 485. The van der Waals surface area contributed by atoms with E-state index in [1.165, 1.54) is 9.78 Å². The standard InChI is InChI=1S/C14H20N2O3S/c1-14(2,11-6-4-8-20-11)9-15-13(19)16-7-3-5-10(16)12(17)18/h4,6,8,10H,3,5,7,9H2,1-2H3,(H,15,19)(H,17,18)/t10-/m1/s1. The topological polar surface area (TPSA) is 69.6 Å². The lowest BCUT2D eigenvalue weighted by Crippen LogP contribution is -2.48. The molecule has 110 valence electrons. The van der Waals surface area contributed by atoms with E-state index in [9.17, 15) is 9.59 Å². The average Bonchev–Trinajstić information content (AvgIpc) is 3.06. The minimum absolute atomic E-state index is 0.151. The highest BCUT2D eigenvalue weighted by molar-refractivity contribution is 7.10. The normalized spacial score (nSPS) is 19.1. The lowest BCUT2D eigenvalue weighted by atomic mass is 9.91. The molecule has 2 amide bonds. The Morgan fingerprint density at radius 3 is 2.90 bits per heavy atom. The monoisotopic (exact) mass is 296 g/mol. The molecule has 1 aliphatic heterocycles. The molecule has 1 saturated heterocycles. The quantitative estimate of drug-likeness (QED) is 0.895. The second kappa shape index (κ2) is 5.83. The number of urea groups is 1. The molecule has 0 saturated carbocycles. The molecule has 0 unspecified atom stereocenters. The Labute approximate surface area is 122 Å². The third kappa shape index (κ3) is 3.12. The van der Waals surface area contributed by atoms with Crippen LogP contribution in [0, 0.1) is 0 Å². The fraction of sp³-hybridized carbons (Fsp3) is 0.571. The SMILES string of the molecule is CC(C)(CNC(=O)N1CCC[C@@H]1C(=O)O)c1cccs1. The third-order valence-electron chi connectivity index (χ3n) is 3.67. The Morgan fingerprint density at radius 2 is 2.30 bits per heavy atom. The van der Waals surface area contributed by atoms with Gasteiger partial charge in [0.05, 0.1) is 0 Å². The van der Waals surface area contributed by atoms with E-state index < -0.39 is 12.0 Å². The Hall–Kier alpha value is -1.56. The van der Waals surface area contributed by atoms with Gasteiger partial charge in [0.25, 0.3) is 0 Å². The average molecular weight is 296 g/mol. The number of likely N-dealkylation sites (tertiary alicyclic amines) is 1. The van der Waals surface area contributed by atoms with Gasteiger partial charge in [0, 0.05) is 23.4 Å². The van der Waals surface area contributed by atoms with Crippen LogP contribution in [0.4, 0.5) is 4.79 Å². The number of hydrogen-bond acceptors (Lipinski definition) is 3. The molecule has 2 N–H and O–H groups in total. The van der Waals surface area contributed by atoms with Crippen LogP contribution in [0.25, 0.3) is 0 Å². The molecule has 0 radical (unpaired) electrons. The maximum Gasteiger partial charge on any atom is 0.326 e. The summed E-state index contributed by atoms with van der Waals surface area (Å²) in [6.45, 7) is 5.15. The van der Waals surface area contributed by atoms with Gasteiger partial charge in [-0.05, 0) is 24.3 Å². The van der Waals surface area contributed by atoms with Crippen molar-refractivity contribution in [1.29, 1.82) is 0 Å². The van der Waals surface area contributed by atoms with Crippen LogP contribution in [-0.4, -0.2) is 41.1 Å². The largest absolute Gasteiger partial charge is 0.480 e. The van der Waals surface area contributed by atoms with Crippen LogP contribution in [0.3, 0.4) is 0 Å². The minimum atomic E-state index is -0.921. The first-order chi connectivity index (χ1) is 9.42. The number of carboxylic acid groups (broad SMARTS) is 1. The number of thiophene rings is 1. The lowest BCUT2D eigenvalue weighted by Gasteiger charge is -2.27. The van der Waals surface area contributed by atoms with E-state index in [2.05, 4.69) is 19.2 Å². The summed E-state index contributed by atoms with van der Waals surface area (Å²) in [6.07, 6.45) is 1.29. The molecule has 1 aliphatic rings. The molecule has 1 atom stereocenters. The van der Waals surface area contributed by atoms with Gasteiger partial charge >= 0.3 is 12.0 Å². The highest BCUT2D eigenvalue weighted by Crippen LogP contribution is 2.27. The number of nitrogens with zero attached hydrogens (tertiary/aromatic N) is 1. The summed E-state index contributed by atoms with van der Waals surface area (Å²) in [5.74, 6) is -0.921. The number of amides is 2. The summed E-state index contributed by atoms with van der Waals surface area (Å²) in [6, 6.07) is 3.08. The van der Waals surface area contributed by atoms with Crippen molar-refractivity contribution in [2.45, 2.75) is 38.1 Å². The summed E-state index contributed by atoms with van der Waals surface area (Å²) in [7, 11) is 0. The van der Waals surface area contributed by atoms with Crippen LogP contribution in [0.5, 0.6) is 0 Å². The first-order valence-corrected chi connectivity index (χ1v) is 7.61. The van der Waals surface area contributed by atoms with Crippen molar-refractivity contribution < 1.29 is 14.7 Å². The Balaban J connectivity index is 1.94. The second-order valence-electron chi connectivity index (χ2n) is 5.71. The fourth-order valence-electron chi connectivity index (χ4n) is 2.42. The van der Waals surface area contributed by atoms with E-state index in [1.54, 1.807) is 11.3 Å². The molecule has 2 rings (SSSR count). The van der Waals surface area contributed by atoms with Crippen LogP contribution in [-0.2, 0) is 10.2 Å². The molecule has 0 spiro atoms. The lowest BCUT2D eigenvalue weighted by molar-refractivity contribution is -0.141. The highest BCUT2D eigenvalue weighted by atomic mass is 32.1. The van der Waals surface area contributed by atoms with Gasteiger partial charge in [-0.2, -0.15) is 0 Å². The van der Waals surface area contributed by atoms with Crippen LogP contribution >= 0.6 is 11.3 Å². The summed E-state index contributed by atoms with van der Waals surface area (Å²) in [5.41, 5.74) is -0.151. The van der Waals surface area contributed by atoms with E-state index in [4.69, 9.17) is 5.11 Å². The molecule has 1 fully saturated rings. The number of hydrogen-bond donors (Lipinski definition) is 2. The van der Waals surface area contributed by atoms with Crippen molar-refractivity contribution >= 4 is 23.3 Å². The van der Waals surface area contributed by atoms with Crippen molar-refractivity contribution in [1.82, 2.24) is 10.2 Å². The summed E-state index contributed by atoms with van der Waals surface area (Å²) < 4.78 is 0. The zero-order valence-electron chi connectivity index (χ0n) is 11.8. The summed E-state index contributed by atoms with van der Waals surface area (Å²) in [4.78, 5) is 25.8. The summed E-state index contributed by atoms with van der Waals surface area (Å²) in [5, 5.41) is 14.0. The zero-order valence-corrected chi connectivity index (χ0v) is 12.6. The van der Waals surface area contributed by atoms with Crippen molar-refractivity contribution in [3.05, 3.63) is 22.4 Å².